The Morgan fingerprint density at radius 2 is 2.08 bits per heavy atom. The van der Waals surface area contributed by atoms with Crippen molar-refractivity contribution in [2.24, 2.45) is 0 Å². The lowest BCUT2D eigenvalue weighted by atomic mass is 10.2. The highest BCUT2D eigenvalue weighted by molar-refractivity contribution is 7.98. The molecule has 0 saturated carbocycles. The molecule has 0 amide bonds. The Morgan fingerprint density at radius 3 is 2.92 bits per heavy atom. The summed E-state index contributed by atoms with van der Waals surface area (Å²) in [6.07, 6.45) is 1.71. The van der Waals surface area contributed by atoms with Crippen LogP contribution in [0.4, 0.5) is 0 Å². The molecule has 1 aromatic carbocycles. The number of benzene rings is 1. The lowest BCUT2D eigenvalue weighted by molar-refractivity contribution is 0.876. The Kier molecular flexibility index (Phi) is 4.14. The fraction of sp³-hybridized carbons (Fsp3) is 0.176. The van der Waals surface area contributed by atoms with Gasteiger partial charge in [-0.3, -0.25) is 13.8 Å². The van der Waals surface area contributed by atoms with Crippen LogP contribution in [0.25, 0.3) is 10.6 Å². The average Bonchev–Trinajstić information content (AvgIpc) is 3.20. The van der Waals surface area contributed by atoms with Crippen LogP contribution >= 0.6 is 23.1 Å². The number of fused-ring (bicyclic) bond motifs is 1. The molecule has 0 fully saturated rings. The molecule has 0 aliphatic rings. The summed E-state index contributed by atoms with van der Waals surface area (Å²) in [6.45, 7) is 3.96. The molecule has 0 radical (unpaired) electrons. The van der Waals surface area contributed by atoms with Crippen LogP contribution in [0.15, 0.2) is 52.0 Å². The number of thioether (sulfide) groups is 1. The van der Waals surface area contributed by atoms with E-state index in [9.17, 15) is 4.79 Å². The summed E-state index contributed by atoms with van der Waals surface area (Å²) in [6, 6.07) is 9.68. The highest BCUT2D eigenvalue weighted by atomic mass is 32.2. The van der Waals surface area contributed by atoms with Gasteiger partial charge < -0.3 is 0 Å². The van der Waals surface area contributed by atoms with Crippen LogP contribution in [0.1, 0.15) is 17.0 Å². The number of hydrogen-bond acceptors (Lipinski definition) is 6. The molecule has 6 nitrogen and oxygen atoms in total. The fourth-order valence-electron chi connectivity index (χ4n) is 2.64. The Morgan fingerprint density at radius 1 is 1.24 bits per heavy atom. The van der Waals surface area contributed by atoms with Gasteiger partial charge in [-0.25, -0.2) is 4.98 Å². The largest absolute Gasteiger partial charge is 0.276 e. The van der Waals surface area contributed by atoms with Gasteiger partial charge in [-0.2, -0.15) is 0 Å². The van der Waals surface area contributed by atoms with Crippen molar-refractivity contribution in [2.45, 2.75) is 24.8 Å². The molecule has 4 aromatic rings. The Hall–Kier alpha value is -2.45. The standard InChI is InChI=1S/C17H15N5OS2/c1-11-5-3-4-6-14(11)21-10-18-20-17(21)25-9-13-7-15(23)22-12(2)8-24-16(22)19-13/h3-8,10H,9H2,1-2H3. The molecule has 0 atom stereocenters. The second-order valence-corrected chi connectivity index (χ2v) is 7.42. The van der Waals surface area contributed by atoms with Crippen molar-refractivity contribution in [1.82, 2.24) is 24.1 Å². The van der Waals surface area contributed by atoms with Crippen LogP contribution in [0.2, 0.25) is 0 Å². The molecule has 0 saturated heterocycles. The second-order valence-electron chi connectivity index (χ2n) is 5.64. The predicted molar refractivity (Wildman–Crippen MR) is 99.7 cm³/mol. The van der Waals surface area contributed by atoms with Gasteiger partial charge in [0.1, 0.15) is 6.33 Å². The van der Waals surface area contributed by atoms with Crippen LogP contribution in [0.3, 0.4) is 0 Å². The van der Waals surface area contributed by atoms with Gasteiger partial charge in [0.05, 0.1) is 11.4 Å². The molecular weight excluding hydrogens is 354 g/mol. The maximum atomic E-state index is 12.3. The van der Waals surface area contributed by atoms with Gasteiger partial charge in [-0.15, -0.1) is 21.5 Å². The summed E-state index contributed by atoms with van der Waals surface area (Å²) in [4.78, 5) is 17.6. The lowest BCUT2D eigenvalue weighted by Gasteiger charge is -2.08. The summed E-state index contributed by atoms with van der Waals surface area (Å²) in [5.74, 6) is 0.563. The van der Waals surface area contributed by atoms with Crippen molar-refractivity contribution in [3.05, 3.63) is 69.3 Å². The quantitative estimate of drug-likeness (QED) is 0.517. The van der Waals surface area contributed by atoms with Gasteiger partial charge in [-0.05, 0) is 25.5 Å². The zero-order chi connectivity index (χ0) is 17.4. The number of hydrogen-bond donors (Lipinski definition) is 0. The Labute approximate surface area is 152 Å². The monoisotopic (exact) mass is 369 g/mol. The molecule has 0 spiro atoms. The van der Waals surface area contributed by atoms with Gasteiger partial charge >= 0.3 is 0 Å². The van der Waals surface area contributed by atoms with Gasteiger partial charge in [0.2, 0.25) is 0 Å². The topological polar surface area (TPSA) is 65.1 Å². The molecule has 0 N–H and O–H groups in total. The first-order chi connectivity index (χ1) is 12.1. The highest BCUT2D eigenvalue weighted by Crippen LogP contribution is 2.24. The number of thiazole rings is 1. The normalized spacial score (nSPS) is 11.3. The van der Waals surface area contributed by atoms with E-state index in [1.54, 1.807) is 16.8 Å². The van der Waals surface area contributed by atoms with E-state index < -0.39 is 0 Å². The second kappa shape index (κ2) is 6.45. The summed E-state index contributed by atoms with van der Waals surface area (Å²) in [5, 5.41) is 11.0. The van der Waals surface area contributed by atoms with Gasteiger partial charge in [0, 0.05) is 22.9 Å². The van der Waals surface area contributed by atoms with E-state index in [2.05, 4.69) is 28.2 Å². The third kappa shape index (κ3) is 2.98. The SMILES string of the molecule is Cc1ccccc1-n1cnnc1SCc1cc(=O)n2c(C)csc2n1. The van der Waals surface area contributed by atoms with Crippen LogP contribution < -0.4 is 5.56 Å². The van der Waals surface area contributed by atoms with E-state index in [0.717, 1.165) is 32.8 Å². The van der Waals surface area contributed by atoms with Crippen LogP contribution in [-0.4, -0.2) is 24.1 Å². The van der Waals surface area contributed by atoms with Crippen LogP contribution in [-0.2, 0) is 5.75 Å². The Bertz CT molecular complexity index is 1110. The average molecular weight is 369 g/mol. The number of aryl methyl sites for hydroxylation is 2. The van der Waals surface area contributed by atoms with Gasteiger partial charge in [-0.1, -0.05) is 30.0 Å². The predicted octanol–water partition coefficient (Wildman–Crippen LogP) is 3.25. The lowest BCUT2D eigenvalue weighted by Crippen LogP contribution is -2.14. The van der Waals surface area contributed by atoms with Crippen molar-refractivity contribution < 1.29 is 0 Å². The van der Waals surface area contributed by atoms with Crippen molar-refractivity contribution in [3.8, 4) is 5.69 Å². The van der Waals surface area contributed by atoms with E-state index in [1.165, 1.54) is 23.1 Å². The molecule has 126 valence electrons. The molecule has 0 bridgehead atoms. The van der Waals surface area contributed by atoms with Gasteiger partial charge in [0.25, 0.3) is 5.56 Å². The van der Waals surface area contributed by atoms with Crippen molar-refractivity contribution in [3.63, 3.8) is 0 Å². The zero-order valence-electron chi connectivity index (χ0n) is 13.7. The van der Waals surface area contributed by atoms with Crippen molar-refractivity contribution in [1.29, 1.82) is 0 Å². The van der Waals surface area contributed by atoms with E-state index >= 15 is 0 Å². The molecule has 25 heavy (non-hydrogen) atoms. The first-order valence-electron chi connectivity index (χ1n) is 7.69. The zero-order valence-corrected chi connectivity index (χ0v) is 15.3. The van der Waals surface area contributed by atoms with E-state index in [-0.39, 0.29) is 5.56 Å². The molecular formula is C17H15N5OS2. The van der Waals surface area contributed by atoms with E-state index in [4.69, 9.17) is 0 Å². The molecule has 3 heterocycles. The molecule has 0 aliphatic carbocycles. The van der Waals surface area contributed by atoms with E-state index in [1.807, 2.05) is 35.1 Å². The molecule has 0 aliphatic heterocycles. The summed E-state index contributed by atoms with van der Waals surface area (Å²) in [7, 11) is 0. The van der Waals surface area contributed by atoms with Crippen LogP contribution in [0, 0.1) is 13.8 Å². The maximum absolute atomic E-state index is 12.3. The van der Waals surface area contributed by atoms with Gasteiger partial charge in [0.15, 0.2) is 10.1 Å². The van der Waals surface area contributed by atoms with Crippen molar-refractivity contribution >= 4 is 28.1 Å². The van der Waals surface area contributed by atoms with E-state index in [0.29, 0.717) is 5.75 Å². The summed E-state index contributed by atoms with van der Waals surface area (Å²) >= 11 is 2.99. The first kappa shape index (κ1) is 16.0. The summed E-state index contributed by atoms with van der Waals surface area (Å²) < 4.78 is 3.59. The molecule has 4 rings (SSSR count). The molecule has 0 unspecified atom stereocenters. The van der Waals surface area contributed by atoms with Crippen molar-refractivity contribution in [2.75, 3.05) is 0 Å². The third-order valence-electron chi connectivity index (χ3n) is 3.87. The Balaban J connectivity index is 1.62. The highest BCUT2D eigenvalue weighted by Gasteiger charge is 2.11. The smallest absolute Gasteiger partial charge is 0.258 e. The first-order valence-corrected chi connectivity index (χ1v) is 9.55. The third-order valence-corrected chi connectivity index (χ3v) is 5.79. The van der Waals surface area contributed by atoms with Crippen LogP contribution in [0.5, 0.6) is 0 Å². The number of para-hydroxylation sites is 1. The minimum Gasteiger partial charge on any atom is -0.276 e. The molecule has 8 heteroatoms. The maximum Gasteiger partial charge on any atom is 0.258 e. The number of aromatic nitrogens is 5. The number of nitrogens with zero attached hydrogens (tertiary/aromatic N) is 5. The molecule has 3 aromatic heterocycles. The summed E-state index contributed by atoms with van der Waals surface area (Å²) in [5.41, 5.74) is 3.82. The minimum atomic E-state index is -0.0419. The fourth-order valence-corrected chi connectivity index (χ4v) is 4.34. The number of rotatable bonds is 4. The minimum absolute atomic E-state index is 0.0419.